The van der Waals surface area contributed by atoms with Crippen LogP contribution in [0.15, 0.2) is 24.3 Å². The molecule has 1 aliphatic rings. The zero-order chi connectivity index (χ0) is 13.1. The zero-order valence-corrected chi connectivity index (χ0v) is 12.2. The Hall–Kier alpha value is -0.820. The largest absolute Gasteiger partial charge is 0.313 e. The number of aryl methyl sites for hydroxylation is 1. The minimum absolute atomic E-state index is 0.524. The number of benzene rings is 1. The van der Waals surface area contributed by atoms with E-state index in [4.69, 9.17) is 0 Å². The Labute approximate surface area is 112 Å². The fraction of sp³-hybridized carbons (Fsp3) is 0.647. The Morgan fingerprint density at radius 2 is 1.56 bits per heavy atom. The van der Waals surface area contributed by atoms with Gasteiger partial charge in [0.05, 0.1) is 0 Å². The quantitative estimate of drug-likeness (QED) is 0.836. The molecule has 1 aliphatic carbocycles. The van der Waals surface area contributed by atoms with Crippen molar-refractivity contribution in [3.05, 3.63) is 35.4 Å². The second kappa shape index (κ2) is 5.88. The maximum atomic E-state index is 3.55. The van der Waals surface area contributed by atoms with Gasteiger partial charge in [-0.15, -0.1) is 0 Å². The second-order valence-corrected chi connectivity index (χ2v) is 6.35. The first-order valence-corrected chi connectivity index (χ1v) is 7.34. The van der Waals surface area contributed by atoms with Crippen molar-refractivity contribution in [1.29, 1.82) is 0 Å². The molecule has 1 nitrogen and oxygen atoms in total. The van der Waals surface area contributed by atoms with Gasteiger partial charge >= 0.3 is 0 Å². The van der Waals surface area contributed by atoms with Gasteiger partial charge in [0, 0.05) is 6.04 Å². The Morgan fingerprint density at radius 3 is 2.06 bits per heavy atom. The Balaban J connectivity index is 2.14. The van der Waals surface area contributed by atoms with E-state index in [1.807, 2.05) is 0 Å². The average molecular weight is 245 g/mol. The van der Waals surface area contributed by atoms with E-state index in [1.54, 1.807) is 0 Å². The number of nitrogens with one attached hydrogen (secondary N) is 1. The van der Waals surface area contributed by atoms with Gasteiger partial charge in [-0.05, 0) is 56.6 Å². The van der Waals surface area contributed by atoms with Crippen LogP contribution in [0.25, 0.3) is 0 Å². The summed E-state index contributed by atoms with van der Waals surface area (Å²) >= 11 is 0. The van der Waals surface area contributed by atoms with E-state index in [9.17, 15) is 0 Å². The summed E-state index contributed by atoms with van der Waals surface area (Å²) < 4.78 is 0. The lowest BCUT2D eigenvalue weighted by molar-refractivity contribution is 0.180. The topological polar surface area (TPSA) is 12.0 Å². The normalized spacial score (nSPS) is 30.1. The lowest BCUT2D eigenvalue weighted by Crippen LogP contribution is -2.31. The first-order chi connectivity index (χ1) is 8.60. The van der Waals surface area contributed by atoms with Crippen molar-refractivity contribution >= 4 is 0 Å². The predicted molar refractivity (Wildman–Crippen MR) is 78.6 cm³/mol. The van der Waals surface area contributed by atoms with Crippen LogP contribution in [-0.2, 0) is 0 Å². The summed E-state index contributed by atoms with van der Waals surface area (Å²) in [6, 6.07) is 9.57. The third kappa shape index (κ3) is 3.14. The van der Waals surface area contributed by atoms with Crippen molar-refractivity contribution in [3.63, 3.8) is 0 Å². The summed E-state index contributed by atoms with van der Waals surface area (Å²) in [5, 5.41) is 3.55. The highest BCUT2D eigenvalue weighted by atomic mass is 14.9. The van der Waals surface area contributed by atoms with Crippen molar-refractivity contribution in [3.8, 4) is 0 Å². The highest BCUT2D eigenvalue weighted by Crippen LogP contribution is 2.39. The first-order valence-electron chi connectivity index (χ1n) is 7.34. The van der Waals surface area contributed by atoms with Crippen LogP contribution in [0, 0.1) is 24.7 Å². The first kappa shape index (κ1) is 13.6. The number of hydrogen-bond donors (Lipinski definition) is 1. The van der Waals surface area contributed by atoms with Crippen LogP contribution in [-0.4, -0.2) is 7.05 Å². The van der Waals surface area contributed by atoms with Crippen molar-refractivity contribution in [1.82, 2.24) is 5.32 Å². The summed E-state index contributed by atoms with van der Waals surface area (Å²) in [5.41, 5.74) is 2.80. The third-order valence-electron chi connectivity index (χ3n) is 4.43. The lowest BCUT2D eigenvalue weighted by atomic mass is 9.72. The molecule has 0 spiro atoms. The molecule has 1 fully saturated rings. The van der Waals surface area contributed by atoms with Crippen LogP contribution in [0.5, 0.6) is 0 Å². The molecule has 1 N–H and O–H groups in total. The summed E-state index contributed by atoms with van der Waals surface area (Å²) in [4.78, 5) is 0. The van der Waals surface area contributed by atoms with Crippen LogP contribution in [0.1, 0.15) is 50.3 Å². The van der Waals surface area contributed by atoms with Crippen molar-refractivity contribution < 1.29 is 0 Å². The van der Waals surface area contributed by atoms with E-state index >= 15 is 0 Å². The molecule has 18 heavy (non-hydrogen) atoms. The fourth-order valence-electron chi connectivity index (χ4n) is 3.73. The molecule has 3 unspecified atom stereocenters. The van der Waals surface area contributed by atoms with Gasteiger partial charge in [-0.3, -0.25) is 0 Å². The van der Waals surface area contributed by atoms with Gasteiger partial charge in [0.2, 0.25) is 0 Å². The SMILES string of the molecule is CNC(c1ccc(C)cc1)C1CC(C)CC(C)C1. The van der Waals surface area contributed by atoms with Gasteiger partial charge in [-0.1, -0.05) is 43.7 Å². The Bertz CT molecular complexity index is 358. The minimum atomic E-state index is 0.524. The molecule has 1 aromatic carbocycles. The van der Waals surface area contributed by atoms with Gasteiger partial charge in [-0.25, -0.2) is 0 Å². The zero-order valence-electron chi connectivity index (χ0n) is 12.2. The van der Waals surface area contributed by atoms with Gasteiger partial charge in [0.1, 0.15) is 0 Å². The highest BCUT2D eigenvalue weighted by molar-refractivity contribution is 5.24. The Kier molecular flexibility index (Phi) is 4.45. The van der Waals surface area contributed by atoms with Crippen LogP contribution >= 0.6 is 0 Å². The van der Waals surface area contributed by atoms with E-state index in [1.165, 1.54) is 30.4 Å². The van der Waals surface area contributed by atoms with E-state index in [0.717, 1.165) is 17.8 Å². The molecule has 1 aromatic rings. The summed E-state index contributed by atoms with van der Waals surface area (Å²) in [7, 11) is 2.11. The third-order valence-corrected chi connectivity index (χ3v) is 4.43. The molecule has 1 heteroatoms. The molecule has 0 amide bonds. The summed E-state index contributed by atoms with van der Waals surface area (Å²) in [5.74, 6) is 2.54. The molecule has 0 aliphatic heterocycles. The molecular weight excluding hydrogens is 218 g/mol. The molecule has 0 radical (unpaired) electrons. The fourth-order valence-corrected chi connectivity index (χ4v) is 3.73. The predicted octanol–water partition coefficient (Wildman–Crippen LogP) is 4.33. The van der Waals surface area contributed by atoms with Gasteiger partial charge in [0.25, 0.3) is 0 Å². The molecule has 100 valence electrons. The van der Waals surface area contributed by atoms with E-state index in [-0.39, 0.29) is 0 Å². The smallest absolute Gasteiger partial charge is 0.0346 e. The maximum absolute atomic E-state index is 3.55. The number of rotatable bonds is 3. The summed E-state index contributed by atoms with van der Waals surface area (Å²) in [6.07, 6.45) is 4.13. The van der Waals surface area contributed by atoms with Crippen LogP contribution in [0.4, 0.5) is 0 Å². The standard InChI is InChI=1S/C17H27N/c1-12-5-7-15(8-6-12)17(18-4)16-10-13(2)9-14(3)11-16/h5-8,13-14,16-18H,9-11H2,1-4H3. The molecule has 1 saturated carbocycles. The molecule has 0 aromatic heterocycles. The second-order valence-electron chi connectivity index (χ2n) is 6.35. The molecule has 0 heterocycles. The van der Waals surface area contributed by atoms with Crippen LogP contribution < -0.4 is 5.32 Å². The highest BCUT2D eigenvalue weighted by Gasteiger charge is 2.29. The molecule has 0 bridgehead atoms. The van der Waals surface area contributed by atoms with Crippen molar-refractivity contribution in [2.75, 3.05) is 7.05 Å². The van der Waals surface area contributed by atoms with Crippen molar-refractivity contribution in [2.24, 2.45) is 17.8 Å². The van der Waals surface area contributed by atoms with E-state index < -0.39 is 0 Å². The van der Waals surface area contributed by atoms with Gasteiger partial charge in [-0.2, -0.15) is 0 Å². The Morgan fingerprint density at radius 1 is 1.00 bits per heavy atom. The van der Waals surface area contributed by atoms with E-state index in [2.05, 4.69) is 57.4 Å². The van der Waals surface area contributed by atoms with Gasteiger partial charge < -0.3 is 5.32 Å². The summed E-state index contributed by atoms with van der Waals surface area (Å²) in [6.45, 7) is 6.97. The monoisotopic (exact) mass is 245 g/mol. The number of hydrogen-bond acceptors (Lipinski definition) is 1. The van der Waals surface area contributed by atoms with E-state index in [0.29, 0.717) is 6.04 Å². The average Bonchev–Trinajstić information content (AvgIpc) is 2.31. The molecular formula is C17H27N. The maximum Gasteiger partial charge on any atom is 0.0346 e. The molecule has 0 saturated heterocycles. The van der Waals surface area contributed by atoms with Crippen LogP contribution in [0.3, 0.4) is 0 Å². The van der Waals surface area contributed by atoms with Gasteiger partial charge in [0.15, 0.2) is 0 Å². The lowest BCUT2D eigenvalue weighted by Gasteiger charge is -2.36. The minimum Gasteiger partial charge on any atom is -0.313 e. The van der Waals surface area contributed by atoms with Crippen LogP contribution in [0.2, 0.25) is 0 Å². The molecule has 2 rings (SSSR count). The molecule has 3 atom stereocenters. The van der Waals surface area contributed by atoms with Crippen molar-refractivity contribution in [2.45, 2.75) is 46.1 Å².